The molecule has 108 valence electrons. The molecule has 6 nitrogen and oxygen atoms in total. The normalized spacial score (nSPS) is 11.4. The largest absolute Gasteiger partial charge is 0.549 e. The van der Waals surface area contributed by atoms with Gasteiger partial charge in [-0.3, -0.25) is 4.57 Å². The highest BCUT2D eigenvalue weighted by molar-refractivity contribution is 7.52. The minimum Gasteiger partial charge on any atom is -0.549 e. The van der Waals surface area contributed by atoms with Gasteiger partial charge in [-0.1, -0.05) is 30.3 Å². The number of aliphatic carboxylic acids is 1. The molecule has 0 spiro atoms. The van der Waals surface area contributed by atoms with Crippen LogP contribution in [0.25, 0.3) is 0 Å². The standard InChI is InChI=1S/C10H16N.C2H5O5P/c1-11(2,3)9-10-7-5-4-6-8-10;3-2(4)1-8(5,6)7/h4-8H,9H2,1-3H3;1H2,(H,3,4)(H2,5,6,7)/q+1;/p-1. The molecule has 1 aromatic carbocycles. The van der Waals surface area contributed by atoms with Gasteiger partial charge in [-0.05, 0) is 0 Å². The van der Waals surface area contributed by atoms with E-state index in [1.54, 1.807) is 0 Å². The summed E-state index contributed by atoms with van der Waals surface area (Å²) in [6.07, 6.45) is -1.20. The van der Waals surface area contributed by atoms with Crippen molar-refractivity contribution >= 4 is 13.6 Å². The molecule has 0 aliphatic rings. The van der Waals surface area contributed by atoms with E-state index >= 15 is 0 Å². The van der Waals surface area contributed by atoms with Crippen LogP contribution in [0, 0.1) is 0 Å². The Morgan fingerprint density at radius 1 is 1.21 bits per heavy atom. The zero-order valence-electron chi connectivity index (χ0n) is 11.3. The van der Waals surface area contributed by atoms with Gasteiger partial charge in [0.1, 0.15) is 6.54 Å². The Labute approximate surface area is 113 Å². The summed E-state index contributed by atoms with van der Waals surface area (Å²) in [4.78, 5) is 25.2. The van der Waals surface area contributed by atoms with E-state index in [0.29, 0.717) is 0 Å². The average molecular weight is 289 g/mol. The Bertz CT molecular complexity index is 435. The Kier molecular flexibility index (Phi) is 6.94. The van der Waals surface area contributed by atoms with Crippen LogP contribution < -0.4 is 5.11 Å². The number of rotatable bonds is 4. The molecule has 1 rings (SSSR count). The molecule has 0 radical (unpaired) electrons. The Balaban J connectivity index is 0.000000362. The van der Waals surface area contributed by atoms with Gasteiger partial charge in [-0.15, -0.1) is 0 Å². The number of carbonyl (C=O) groups excluding carboxylic acids is 1. The molecule has 0 fully saturated rings. The second-order valence-corrected chi connectivity index (χ2v) is 6.77. The lowest BCUT2D eigenvalue weighted by Gasteiger charge is -2.23. The van der Waals surface area contributed by atoms with Crippen LogP contribution in [-0.4, -0.2) is 47.5 Å². The molecule has 0 amide bonds. The molecule has 0 aliphatic heterocycles. The third kappa shape index (κ3) is 13.0. The van der Waals surface area contributed by atoms with Crippen molar-refractivity contribution in [1.29, 1.82) is 0 Å². The molecular formula is C12H20NO5P. The number of carboxylic acid groups (broad SMARTS) is 1. The Morgan fingerprint density at radius 3 is 1.95 bits per heavy atom. The van der Waals surface area contributed by atoms with Crippen LogP contribution in [0.4, 0.5) is 0 Å². The van der Waals surface area contributed by atoms with Gasteiger partial charge in [0.2, 0.25) is 0 Å². The molecule has 2 N–H and O–H groups in total. The summed E-state index contributed by atoms with van der Waals surface area (Å²) in [7, 11) is 2.22. The first-order valence-electron chi connectivity index (χ1n) is 5.58. The van der Waals surface area contributed by atoms with Crippen molar-refractivity contribution in [1.82, 2.24) is 0 Å². The molecule has 0 aromatic heterocycles. The lowest BCUT2D eigenvalue weighted by Crippen LogP contribution is -2.33. The topological polar surface area (TPSA) is 97.7 Å². The third-order valence-corrected chi connectivity index (χ3v) is 2.50. The number of hydrogen-bond donors (Lipinski definition) is 2. The number of nitrogens with zero attached hydrogens (tertiary/aromatic N) is 1. The Hall–Kier alpha value is -1.20. The molecule has 0 saturated heterocycles. The Morgan fingerprint density at radius 2 is 1.68 bits per heavy atom. The monoisotopic (exact) mass is 289 g/mol. The van der Waals surface area contributed by atoms with E-state index in [1.165, 1.54) is 5.56 Å². The van der Waals surface area contributed by atoms with E-state index in [9.17, 15) is 14.5 Å². The second-order valence-electron chi connectivity index (χ2n) is 5.13. The number of carbonyl (C=O) groups is 1. The molecule has 0 atom stereocenters. The van der Waals surface area contributed by atoms with Gasteiger partial charge in [-0.25, -0.2) is 0 Å². The third-order valence-electron chi connectivity index (χ3n) is 1.83. The smallest absolute Gasteiger partial charge is 0.331 e. The summed E-state index contributed by atoms with van der Waals surface area (Å²) in [6.45, 7) is 1.10. The molecule has 0 bridgehead atoms. The van der Waals surface area contributed by atoms with Crippen LogP contribution in [0.1, 0.15) is 5.56 Å². The number of hydrogen-bond acceptors (Lipinski definition) is 3. The van der Waals surface area contributed by atoms with Crippen LogP contribution in [-0.2, 0) is 15.9 Å². The maximum atomic E-state index is 9.72. The molecular weight excluding hydrogens is 269 g/mol. The maximum Gasteiger partial charge on any atom is 0.331 e. The van der Waals surface area contributed by atoms with E-state index in [1.807, 2.05) is 0 Å². The summed E-state index contributed by atoms with van der Waals surface area (Å²) < 4.78 is 10.7. The van der Waals surface area contributed by atoms with Crippen molar-refractivity contribution in [3.63, 3.8) is 0 Å². The van der Waals surface area contributed by atoms with E-state index in [4.69, 9.17) is 9.79 Å². The summed E-state index contributed by atoms with van der Waals surface area (Å²) >= 11 is 0. The molecule has 1 aromatic rings. The first-order valence-corrected chi connectivity index (χ1v) is 7.38. The lowest BCUT2D eigenvalue weighted by molar-refractivity contribution is -0.884. The summed E-state index contributed by atoms with van der Waals surface area (Å²) in [6, 6.07) is 10.6. The summed E-state index contributed by atoms with van der Waals surface area (Å²) in [5, 5.41) is 9.41. The van der Waals surface area contributed by atoms with Crippen molar-refractivity contribution in [2.75, 3.05) is 27.3 Å². The van der Waals surface area contributed by atoms with Crippen LogP contribution in [0.5, 0.6) is 0 Å². The zero-order chi connectivity index (χ0) is 15.1. The van der Waals surface area contributed by atoms with Crippen molar-refractivity contribution in [2.24, 2.45) is 0 Å². The molecule has 19 heavy (non-hydrogen) atoms. The highest BCUT2D eigenvalue weighted by Crippen LogP contribution is 2.32. The highest BCUT2D eigenvalue weighted by Gasteiger charge is 2.11. The van der Waals surface area contributed by atoms with Crippen molar-refractivity contribution in [3.05, 3.63) is 35.9 Å². The fraction of sp³-hybridized carbons (Fsp3) is 0.417. The van der Waals surface area contributed by atoms with Gasteiger partial charge in [0.05, 0.1) is 33.3 Å². The van der Waals surface area contributed by atoms with Crippen LogP contribution in [0.2, 0.25) is 0 Å². The minimum absolute atomic E-state index is 0.990. The van der Waals surface area contributed by atoms with Crippen LogP contribution in [0.3, 0.4) is 0 Å². The highest BCUT2D eigenvalue weighted by atomic mass is 31.2. The van der Waals surface area contributed by atoms with Gasteiger partial charge in [-0.2, -0.15) is 0 Å². The van der Waals surface area contributed by atoms with E-state index in [0.717, 1.165) is 11.0 Å². The summed E-state index contributed by atoms with van der Waals surface area (Å²) in [5.41, 5.74) is 1.40. The van der Waals surface area contributed by atoms with Gasteiger partial charge in [0.25, 0.3) is 0 Å². The van der Waals surface area contributed by atoms with E-state index in [-0.39, 0.29) is 0 Å². The SMILES string of the molecule is C[N+](C)(C)Cc1ccccc1.O=C([O-])CP(=O)(O)O. The molecule has 0 saturated carbocycles. The number of carboxylic acids is 1. The van der Waals surface area contributed by atoms with Gasteiger partial charge in [0, 0.05) is 5.56 Å². The number of quaternary nitrogens is 1. The zero-order valence-corrected chi connectivity index (χ0v) is 12.2. The second kappa shape index (κ2) is 7.40. The fourth-order valence-corrected chi connectivity index (χ4v) is 1.64. The lowest BCUT2D eigenvalue weighted by atomic mass is 10.2. The number of benzene rings is 1. The van der Waals surface area contributed by atoms with Crippen LogP contribution >= 0.6 is 7.60 Å². The maximum absolute atomic E-state index is 9.72. The average Bonchev–Trinajstić information content (AvgIpc) is 2.12. The van der Waals surface area contributed by atoms with Crippen molar-refractivity contribution < 1.29 is 28.7 Å². The fourth-order valence-electron chi connectivity index (χ4n) is 1.30. The van der Waals surface area contributed by atoms with Crippen molar-refractivity contribution in [3.8, 4) is 0 Å². The van der Waals surface area contributed by atoms with E-state index < -0.39 is 19.7 Å². The predicted molar refractivity (Wildman–Crippen MR) is 70.1 cm³/mol. The van der Waals surface area contributed by atoms with Gasteiger partial charge < -0.3 is 24.2 Å². The first-order chi connectivity index (χ1) is 8.49. The van der Waals surface area contributed by atoms with Crippen LogP contribution in [0.15, 0.2) is 30.3 Å². The van der Waals surface area contributed by atoms with E-state index in [2.05, 4.69) is 51.5 Å². The summed E-state index contributed by atoms with van der Waals surface area (Å²) in [5.74, 6) is -1.74. The first kappa shape index (κ1) is 17.8. The quantitative estimate of drug-likeness (QED) is 0.591. The molecule has 0 unspecified atom stereocenters. The van der Waals surface area contributed by atoms with Gasteiger partial charge in [0.15, 0.2) is 0 Å². The van der Waals surface area contributed by atoms with Crippen molar-refractivity contribution in [2.45, 2.75) is 6.54 Å². The molecule has 0 aliphatic carbocycles. The molecule has 0 heterocycles. The van der Waals surface area contributed by atoms with Gasteiger partial charge >= 0.3 is 7.60 Å². The molecule has 7 heteroatoms. The minimum atomic E-state index is -4.38. The predicted octanol–water partition coefficient (Wildman–Crippen LogP) is -0.193.